The minimum atomic E-state index is 0.522. The normalized spacial score (nSPS) is 24.6. The smallest absolute Gasteiger partial charge is 0.0541 e. The third-order valence-electron chi connectivity index (χ3n) is 3.54. The van der Waals surface area contributed by atoms with Gasteiger partial charge in [-0.25, -0.2) is 0 Å². The number of nitrogens with zero attached hydrogens (tertiary/aromatic N) is 2. The molecule has 4 heteroatoms. The van der Waals surface area contributed by atoms with Gasteiger partial charge < -0.3 is 15.1 Å². The van der Waals surface area contributed by atoms with E-state index in [-0.39, 0.29) is 0 Å². The lowest BCUT2D eigenvalue weighted by molar-refractivity contribution is 0.360. The maximum absolute atomic E-state index is 3.59. The van der Waals surface area contributed by atoms with E-state index >= 15 is 0 Å². The summed E-state index contributed by atoms with van der Waals surface area (Å²) in [5.74, 6) is 0.672. The Hall–Kier alpha value is -0.580. The van der Waals surface area contributed by atoms with Gasteiger partial charge in [-0.15, -0.1) is 0 Å². The van der Waals surface area contributed by atoms with Gasteiger partial charge in [-0.2, -0.15) is 0 Å². The van der Waals surface area contributed by atoms with Gasteiger partial charge in [0.2, 0.25) is 0 Å². The minimum absolute atomic E-state index is 0.522. The van der Waals surface area contributed by atoms with E-state index in [1.807, 2.05) is 0 Å². The first-order valence-corrected chi connectivity index (χ1v) is 7.73. The van der Waals surface area contributed by atoms with E-state index in [0.717, 1.165) is 30.7 Å². The van der Waals surface area contributed by atoms with Crippen molar-refractivity contribution in [1.82, 2.24) is 10.2 Å². The van der Waals surface area contributed by atoms with Gasteiger partial charge in [0, 0.05) is 29.8 Å². The Labute approximate surface area is 125 Å². The zero-order valence-corrected chi connectivity index (χ0v) is 13.7. The summed E-state index contributed by atoms with van der Waals surface area (Å²) in [6.45, 7) is 6.66. The molecule has 1 saturated heterocycles. The second-order valence-corrected chi connectivity index (χ2v) is 6.73. The van der Waals surface area contributed by atoms with Crippen LogP contribution in [0.5, 0.6) is 0 Å². The van der Waals surface area contributed by atoms with Crippen LogP contribution in [0.3, 0.4) is 0 Å². The highest BCUT2D eigenvalue weighted by Crippen LogP contribution is 2.24. The number of nitrogens with one attached hydrogen (secondary N) is 1. The van der Waals surface area contributed by atoms with Crippen molar-refractivity contribution in [1.29, 1.82) is 0 Å². The first kappa shape index (κ1) is 14.8. The number of anilines is 1. The molecule has 0 saturated carbocycles. The van der Waals surface area contributed by atoms with Crippen LogP contribution in [0.15, 0.2) is 28.7 Å². The fourth-order valence-electron chi connectivity index (χ4n) is 2.71. The lowest BCUT2D eigenvalue weighted by atomic mass is 10.1. The van der Waals surface area contributed by atoms with Crippen LogP contribution in [-0.4, -0.2) is 51.2 Å². The quantitative estimate of drug-likeness (QED) is 0.920. The molecule has 1 N–H and O–H groups in total. The zero-order chi connectivity index (χ0) is 13.8. The molecule has 106 valence electrons. The van der Waals surface area contributed by atoms with Crippen molar-refractivity contribution in [3.63, 3.8) is 0 Å². The lowest BCUT2D eigenvalue weighted by Gasteiger charge is -2.34. The summed E-state index contributed by atoms with van der Waals surface area (Å²) in [4.78, 5) is 4.82. The summed E-state index contributed by atoms with van der Waals surface area (Å²) in [5, 5.41) is 3.59. The highest BCUT2D eigenvalue weighted by Gasteiger charge is 2.24. The number of hydrogen-bond acceptors (Lipinski definition) is 3. The number of hydrogen-bond donors (Lipinski definition) is 1. The van der Waals surface area contributed by atoms with Crippen LogP contribution in [0.25, 0.3) is 0 Å². The fraction of sp³-hybridized carbons (Fsp3) is 0.600. The van der Waals surface area contributed by atoms with E-state index in [4.69, 9.17) is 0 Å². The molecule has 1 aromatic rings. The van der Waals surface area contributed by atoms with Crippen molar-refractivity contribution in [2.24, 2.45) is 5.92 Å². The van der Waals surface area contributed by atoms with Gasteiger partial charge in [0.25, 0.3) is 0 Å². The van der Waals surface area contributed by atoms with Gasteiger partial charge >= 0.3 is 0 Å². The van der Waals surface area contributed by atoms with Crippen LogP contribution in [0, 0.1) is 5.92 Å². The van der Waals surface area contributed by atoms with Gasteiger partial charge in [-0.3, -0.25) is 0 Å². The molecule has 2 unspecified atom stereocenters. The van der Waals surface area contributed by atoms with E-state index in [1.165, 1.54) is 5.69 Å². The van der Waals surface area contributed by atoms with Crippen LogP contribution >= 0.6 is 15.9 Å². The molecular formula is C15H24BrN3. The number of likely N-dealkylation sites (N-methyl/N-ethyl adjacent to an activating group) is 1. The molecule has 0 amide bonds. The van der Waals surface area contributed by atoms with E-state index in [9.17, 15) is 0 Å². The van der Waals surface area contributed by atoms with Crippen LogP contribution < -0.4 is 10.2 Å². The van der Waals surface area contributed by atoms with Crippen LogP contribution in [0.4, 0.5) is 5.69 Å². The van der Waals surface area contributed by atoms with Crippen LogP contribution in [-0.2, 0) is 0 Å². The molecule has 0 radical (unpaired) electrons. The average molecular weight is 326 g/mol. The highest BCUT2D eigenvalue weighted by atomic mass is 79.9. The van der Waals surface area contributed by atoms with Crippen molar-refractivity contribution in [3.8, 4) is 0 Å². The fourth-order valence-corrected chi connectivity index (χ4v) is 3.10. The molecule has 0 bridgehead atoms. The first-order valence-electron chi connectivity index (χ1n) is 6.94. The zero-order valence-electron chi connectivity index (χ0n) is 12.1. The van der Waals surface area contributed by atoms with Crippen molar-refractivity contribution in [2.45, 2.75) is 13.0 Å². The molecule has 1 aliphatic heterocycles. The topological polar surface area (TPSA) is 18.5 Å². The van der Waals surface area contributed by atoms with Crippen LogP contribution in [0.1, 0.15) is 6.92 Å². The van der Waals surface area contributed by atoms with E-state index in [1.54, 1.807) is 0 Å². The second kappa shape index (κ2) is 6.73. The summed E-state index contributed by atoms with van der Waals surface area (Å²) in [6.07, 6.45) is 0. The summed E-state index contributed by atoms with van der Waals surface area (Å²) in [6, 6.07) is 9.17. The Morgan fingerprint density at radius 1 is 1.37 bits per heavy atom. The van der Waals surface area contributed by atoms with E-state index < -0.39 is 0 Å². The maximum atomic E-state index is 3.59. The first-order chi connectivity index (χ1) is 9.06. The standard InChI is InChI=1S/C15H24BrN3/c1-12-8-17-9-15(11-18(2)3)19(10-12)14-6-4-5-13(16)7-14/h4-7,12,15,17H,8-11H2,1-3H3. The molecule has 0 spiro atoms. The monoisotopic (exact) mass is 325 g/mol. The molecule has 3 nitrogen and oxygen atoms in total. The van der Waals surface area contributed by atoms with Crippen LogP contribution in [0.2, 0.25) is 0 Å². The van der Waals surface area contributed by atoms with Crippen molar-refractivity contribution in [2.75, 3.05) is 45.2 Å². The third-order valence-corrected chi connectivity index (χ3v) is 4.03. The molecule has 0 aromatic heterocycles. The van der Waals surface area contributed by atoms with E-state index in [2.05, 4.69) is 76.3 Å². The summed E-state index contributed by atoms with van der Waals surface area (Å²) >= 11 is 3.58. The average Bonchev–Trinajstić information content (AvgIpc) is 2.51. The number of benzene rings is 1. The van der Waals surface area contributed by atoms with Crippen molar-refractivity contribution in [3.05, 3.63) is 28.7 Å². The molecule has 2 rings (SSSR count). The maximum Gasteiger partial charge on any atom is 0.0541 e. The predicted molar refractivity (Wildman–Crippen MR) is 85.9 cm³/mol. The van der Waals surface area contributed by atoms with E-state index in [0.29, 0.717) is 12.0 Å². The van der Waals surface area contributed by atoms with Gasteiger partial charge in [-0.05, 0) is 44.8 Å². The van der Waals surface area contributed by atoms with Gasteiger partial charge in [-0.1, -0.05) is 28.9 Å². The molecule has 19 heavy (non-hydrogen) atoms. The predicted octanol–water partition coefficient (Wildman–Crippen LogP) is 2.42. The molecule has 1 aromatic carbocycles. The Balaban J connectivity index is 2.23. The Morgan fingerprint density at radius 2 is 2.16 bits per heavy atom. The molecule has 1 fully saturated rings. The Morgan fingerprint density at radius 3 is 2.84 bits per heavy atom. The second-order valence-electron chi connectivity index (χ2n) is 5.81. The van der Waals surface area contributed by atoms with Crippen molar-refractivity contribution >= 4 is 21.6 Å². The molecular weight excluding hydrogens is 302 g/mol. The third kappa shape index (κ3) is 4.20. The Kier molecular flexibility index (Phi) is 5.25. The molecule has 0 aliphatic carbocycles. The number of rotatable bonds is 3. The highest BCUT2D eigenvalue weighted by molar-refractivity contribution is 9.10. The van der Waals surface area contributed by atoms with Crippen molar-refractivity contribution < 1.29 is 0 Å². The summed E-state index contributed by atoms with van der Waals surface area (Å²) in [7, 11) is 4.29. The SMILES string of the molecule is CC1CNCC(CN(C)C)N(c2cccc(Br)c2)C1. The number of halogens is 1. The summed E-state index contributed by atoms with van der Waals surface area (Å²) < 4.78 is 1.15. The van der Waals surface area contributed by atoms with Gasteiger partial charge in [0.05, 0.1) is 6.04 Å². The molecule has 2 atom stereocenters. The van der Waals surface area contributed by atoms with Gasteiger partial charge in [0.1, 0.15) is 0 Å². The minimum Gasteiger partial charge on any atom is -0.366 e. The Bertz CT molecular complexity index is 408. The lowest BCUT2D eigenvalue weighted by Crippen LogP contribution is -2.46. The summed E-state index contributed by atoms with van der Waals surface area (Å²) in [5.41, 5.74) is 1.32. The molecule has 1 heterocycles. The van der Waals surface area contributed by atoms with Gasteiger partial charge in [0.15, 0.2) is 0 Å². The molecule has 1 aliphatic rings. The largest absolute Gasteiger partial charge is 0.366 e.